The van der Waals surface area contributed by atoms with E-state index in [9.17, 15) is 27.2 Å². The monoisotopic (exact) mass is 380 g/mol. The van der Waals surface area contributed by atoms with Gasteiger partial charge in [-0.2, -0.15) is 13.2 Å². The van der Waals surface area contributed by atoms with Crippen molar-refractivity contribution in [1.82, 2.24) is 9.80 Å². The van der Waals surface area contributed by atoms with Crippen LogP contribution >= 0.6 is 0 Å². The minimum absolute atomic E-state index is 0.160. The highest BCUT2D eigenvalue weighted by atomic mass is 19.4. The van der Waals surface area contributed by atoms with Crippen LogP contribution in [0.25, 0.3) is 0 Å². The molecule has 0 aliphatic carbocycles. The minimum Gasteiger partial charge on any atom is -0.335 e. The molecule has 8 heteroatoms. The van der Waals surface area contributed by atoms with Crippen LogP contribution in [0.4, 0.5) is 17.6 Å². The number of carbonyl (C=O) groups excluding carboxylic acids is 2. The summed E-state index contributed by atoms with van der Waals surface area (Å²) in [5.41, 5.74) is -0.421. The van der Waals surface area contributed by atoms with Crippen LogP contribution in [-0.4, -0.2) is 47.8 Å². The van der Waals surface area contributed by atoms with Crippen LogP contribution in [0.1, 0.15) is 26.3 Å². The first-order valence-electron chi connectivity index (χ1n) is 8.27. The molecule has 2 amide bonds. The van der Waals surface area contributed by atoms with Gasteiger partial charge in [0, 0.05) is 37.3 Å². The van der Waals surface area contributed by atoms with Crippen LogP contribution in [0.15, 0.2) is 48.5 Å². The molecular weight excluding hydrogens is 364 g/mol. The zero-order valence-corrected chi connectivity index (χ0v) is 14.2. The fourth-order valence-electron chi connectivity index (χ4n) is 2.90. The van der Waals surface area contributed by atoms with Crippen LogP contribution in [0.5, 0.6) is 0 Å². The molecule has 3 rings (SSSR count). The maximum atomic E-state index is 13.3. The molecule has 0 atom stereocenters. The zero-order valence-electron chi connectivity index (χ0n) is 14.2. The minimum atomic E-state index is -4.45. The molecule has 2 aromatic rings. The van der Waals surface area contributed by atoms with Crippen molar-refractivity contribution in [2.45, 2.75) is 6.18 Å². The molecule has 1 fully saturated rings. The Morgan fingerprint density at radius 3 is 1.78 bits per heavy atom. The summed E-state index contributed by atoms with van der Waals surface area (Å²) in [5.74, 6) is -1.21. The largest absolute Gasteiger partial charge is 0.416 e. The summed E-state index contributed by atoms with van der Waals surface area (Å²) in [6.07, 6.45) is -4.45. The Hall–Kier alpha value is -2.90. The summed E-state index contributed by atoms with van der Waals surface area (Å²) >= 11 is 0. The average molecular weight is 380 g/mol. The van der Waals surface area contributed by atoms with Crippen molar-refractivity contribution in [2.75, 3.05) is 26.2 Å². The van der Waals surface area contributed by atoms with Gasteiger partial charge in [-0.15, -0.1) is 0 Å². The van der Waals surface area contributed by atoms with Crippen molar-refractivity contribution in [3.63, 3.8) is 0 Å². The lowest BCUT2D eigenvalue weighted by Crippen LogP contribution is -2.50. The van der Waals surface area contributed by atoms with Crippen LogP contribution < -0.4 is 0 Å². The maximum absolute atomic E-state index is 13.3. The summed E-state index contributed by atoms with van der Waals surface area (Å²) in [7, 11) is 0. The number of carbonyl (C=O) groups is 2. The second-order valence-corrected chi connectivity index (χ2v) is 6.17. The number of benzene rings is 2. The van der Waals surface area contributed by atoms with Gasteiger partial charge in [0.2, 0.25) is 0 Å². The molecule has 0 bridgehead atoms. The molecule has 0 N–H and O–H groups in total. The first-order chi connectivity index (χ1) is 12.8. The molecular formula is C19H16F4N2O2. The van der Waals surface area contributed by atoms with Crippen LogP contribution in [0.2, 0.25) is 0 Å². The highest BCUT2D eigenvalue weighted by Gasteiger charge is 2.31. The highest BCUT2D eigenvalue weighted by Crippen LogP contribution is 2.29. The molecule has 0 saturated carbocycles. The molecule has 1 aliphatic heterocycles. The van der Waals surface area contributed by atoms with Gasteiger partial charge in [0.25, 0.3) is 11.8 Å². The fraction of sp³-hybridized carbons (Fsp3) is 0.263. The quantitative estimate of drug-likeness (QED) is 0.749. The lowest BCUT2D eigenvalue weighted by atomic mass is 10.1. The molecule has 1 saturated heterocycles. The lowest BCUT2D eigenvalue weighted by molar-refractivity contribution is -0.137. The first-order valence-corrected chi connectivity index (χ1v) is 8.27. The predicted molar refractivity (Wildman–Crippen MR) is 89.7 cm³/mol. The molecule has 0 spiro atoms. The number of rotatable bonds is 2. The van der Waals surface area contributed by atoms with E-state index in [0.29, 0.717) is 0 Å². The maximum Gasteiger partial charge on any atom is 0.416 e. The van der Waals surface area contributed by atoms with E-state index < -0.39 is 17.6 Å². The Bertz CT molecular complexity index is 842. The van der Waals surface area contributed by atoms with Crippen molar-refractivity contribution in [1.29, 1.82) is 0 Å². The smallest absolute Gasteiger partial charge is 0.335 e. The average Bonchev–Trinajstić information content (AvgIpc) is 2.66. The molecule has 27 heavy (non-hydrogen) atoms. The second kappa shape index (κ2) is 7.38. The van der Waals surface area contributed by atoms with Gasteiger partial charge >= 0.3 is 6.18 Å². The molecule has 0 aromatic heterocycles. The van der Waals surface area contributed by atoms with Gasteiger partial charge in [-0.1, -0.05) is 6.07 Å². The molecule has 2 aromatic carbocycles. The zero-order chi connectivity index (χ0) is 19.6. The summed E-state index contributed by atoms with van der Waals surface area (Å²) in [5, 5.41) is 0. The second-order valence-electron chi connectivity index (χ2n) is 6.17. The Kier molecular flexibility index (Phi) is 5.16. The summed E-state index contributed by atoms with van der Waals surface area (Å²) in [4.78, 5) is 27.8. The Balaban J connectivity index is 1.61. The van der Waals surface area contributed by atoms with Crippen molar-refractivity contribution >= 4 is 11.8 Å². The number of amides is 2. The van der Waals surface area contributed by atoms with E-state index in [-0.39, 0.29) is 49.1 Å². The number of nitrogens with zero attached hydrogens (tertiary/aromatic N) is 2. The van der Waals surface area contributed by atoms with Crippen LogP contribution in [-0.2, 0) is 6.18 Å². The van der Waals surface area contributed by atoms with Gasteiger partial charge in [-0.3, -0.25) is 9.59 Å². The standard InChI is InChI=1S/C19H16F4N2O2/c20-16-3-1-2-14(12-16)18(27)25-10-8-24(9-11-25)17(26)13-4-6-15(7-5-13)19(21,22)23/h1-7,12H,8-11H2. The van der Waals surface area contributed by atoms with E-state index in [2.05, 4.69) is 0 Å². The fourth-order valence-corrected chi connectivity index (χ4v) is 2.90. The molecule has 0 unspecified atom stereocenters. The molecule has 1 aliphatic rings. The number of hydrogen-bond donors (Lipinski definition) is 0. The van der Waals surface area contributed by atoms with E-state index >= 15 is 0 Å². The summed E-state index contributed by atoms with van der Waals surface area (Å²) < 4.78 is 51.1. The van der Waals surface area contributed by atoms with Crippen LogP contribution in [0, 0.1) is 5.82 Å². The predicted octanol–water partition coefficient (Wildman–Crippen LogP) is 3.44. The third kappa shape index (κ3) is 4.27. The van der Waals surface area contributed by atoms with E-state index in [1.165, 1.54) is 28.0 Å². The normalized spacial score (nSPS) is 15.0. The van der Waals surface area contributed by atoms with Crippen molar-refractivity contribution in [2.24, 2.45) is 0 Å². The van der Waals surface area contributed by atoms with Crippen molar-refractivity contribution in [3.8, 4) is 0 Å². The van der Waals surface area contributed by atoms with Gasteiger partial charge in [0.1, 0.15) is 5.82 Å². The Labute approximate surface area is 153 Å². The van der Waals surface area contributed by atoms with Crippen molar-refractivity contribution in [3.05, 3.63) is 71.0 Å². The Morgan fingerprint density at radius 1 is 0.778 bits per heavy atom. The van der Waals surface area contributed by atoms with Gasteiger partial charge < -0.3 is 9.80 Å². The SMILES string of the molecule is O=C(c1ccc(C(F)(F)F)cc1)N1CCN(C(=O)c2cccc(F)c2)CC1. The van der Waals surface area contributed by atoms with E-state index in [4.69, 9.17) is 0 Å². The van der Waals surface area contributed by atoms with Crippen LogP contribution in [0.3, 0.4) is 0 Å². The molecule has 142 valence electrons. The van der Waals surface area contributed by atoms with E-state index in [1.807, 2.05) is 0 Å². The van der Waals surface area contributed by atoms with Gasteiger partial charge in [0.05, 0.1) is 5.56 Å². The number of alkyl halides is 3. The third-order valence-corrected chi connectivity index (χ3v) is 4.38. The first kappa shape index (κ1) is 18.9. The number of halogens is 4. The van der Waals surface area contributed by atoms with Gasteiger partial charge in [0.15, 0.2) is 0 Å². The van der Waals surface area contributed by atoms with Gasteiger partial charge in [-0.05, 0) is 42.5 Å². The van der Waals surface area contributed by atoms with E-state index in [0.717, 1.165) is 30.3 Å². The third-order valence-electron chi connectivity index (χ3n) is 4.38. The molecule has 1 heterocycles. The van der Waals surface area contributed by atoms with E-state index in [1.54, 1.807) is 0 Å². The molecule has 4 nitrogen and oxygen atoms in total. The van der Waals surface area contributed by atoms with Gasteiger partial charge in [-0.25, -0.2) is 4.39 Å². The summed E-state index contributed by atoms with van der Waals surface area (Å²) in [6, 6.07) is 9.41. The number of piperazine rings is 1. The number of hydrogen-bond acceptors (Lipinski definition) is 2. The topological polar surface area (TPSA) is 40.6 Å². The van der Waals surface area contributed by atoms with Crippen molar-refractivity contribution < 1.29 is 27.2 Å². The Morgan fingerprint density at radius 2 is 1.30 bits per heavy atom. The lowest BCUT2D eigenvalue weighted by Gasteiger charge is -2.35. The summed E-state index contributed by atoms with van der Waals surface area (Å²) in [6.45, 7) is 1.03. The highest BCUT2D eigenvalue weighted by molar-refractivity contribution is 5.96. The molecule has 0 radical (unpaired) electrons.